The second-order valence-electron chi connectivity index (χ2n) is 3.64. The van der Waals surface area contributed by atoms with E-state index in [9.17, 15) is 0 Å². The summed E-state index contributed by atoms with van der Waals surface area (Å²) in [6.45, 7) is 11.3. The Kier molecular flexibility index (Phi) is 6.38. The minimum absolute atomic E-state index is 0.506. The van der Waals surface area contributed by atoms with E-state index in [1.807, 2.05) is 13.0 Å². The first-order chi connectivity index (χ1) is 6.10. The van der Waals surface area contributed by atoms with E-state index in [0.29, 0.717) is 5.92 Å². The quantitative estimate of drug-likeness (QED) is 0.462. The highest BCUT2D eigenvalue weighted by atomic mass is 16.5. The van der Waals surface area contributed by atoms with Crippen LogP contribution in [0.4, 0.5) is 0 Å². The molecule has 1 unspecified atom stereocenters. The zero-order valence-electron chi connectivity index (χ0n) is 9.55. The molecule has 0 radical (unpaired) electrons. The van der Waals surface area contributed by atoms with E-state index in [-0.39, 0.29) is 0 Å². The number of hydrogen-bond acceptors (Lipinski definition) is 1. The van der Waals surface area contributed by atoms with Gasteiger partial charge in [-0.2, -0.15) is 0 Å². The summed E-state index contributed by atoms with van der Waals surface area (Å²) in [7, 11) is 0. The number of ether oxygens (including phenoxy) is 1. The van der Waals surface area contributed by atoms with Crippen molar-refractivity contribution in [2.24, 2.45) is 5.92 Å². The molecule has 0 aliphatic rings. The average molecular weight is 182 g/mol. The van der Waals surface area contributed by atoms with E-state index in [2.05, 4.69) is 33.8 Å². The van der Waals surface area contributed by atoms with Gasteiger partial charge in [-0.1, -0.05) is 25.5 Å². The van der Waals surface area contributed by atoms with Gasteiger partial charge in [0.15, 0.2) is 0 Å². The van der Waals surface area contributed by atoms with Crippen LogP contribution in [-0.2, 0) is 4.74 Å². The summed E-state index contributed by atoms with van der Waals surface area (Å²) in [4.78, 5) is 0. The molecule has 0 fully saturated rings. The van der Waals surface area contributed by atoms with Crippen molar-refractivity contribution in [2.45, 2.75) is 41.0 Å². The van der Waals surface area contributed by atoms with Gasteiger partial charge in [-0.15, -0.1) is 0 Å². The molecule has 0 saturated carbocycles. The molecule has 76 valence electrons. The third kappa shape index (κ3) is 6.44. The molecule has 0 aromatic rings. The van der Waals surface area contributed by atoms with Crippen LogP contribution in [0.15, 0.2) is 23.5 Å². The van der Waals surface area contributed by atoms with Crippen LogP contribution in [0.3, 0.4) is 0 Å². The SMILES string of the molecule is CC=C(CC)OCC(C)C=C(C)C. The Bertz CT molecular complexity index is 185. The van der Waals surface area contributed by atoms with Crippen molar-refractivity contribution in [3.8, 4) is 0 Å². The van der Waals surface area contributed by atoms with E-state index in [1.165, 1.54) is 5.57 Å². The van der Waals surface area contributed by atoms with Gasteiger partial charge in [0.25, 0.3) is 0 Å². The van der Waals surface area contributed by atoms with Gasteiger partial charge in [-0.3, -0.25) is 0 Å². The van der Waals surface area contributed by atoms with Gasteiger partial charge >= 0.3 is 0 Å². The van der Waals surface area contributed by atoms with Gasteiger partial charge < -0.3 is 4.74 Å². The van der Waals surface area contributed by atoms with Crippen LogP contribution in [0, 0.1) is 5.92 Å². The van der Waals surface area contributed by atoms with Gasteiger partial charge in [-0.05, 0) is 26.8 Å². The lowest BCUT2D eigenvalue weighted by Crippen LogP contribution is -2.03. The second kappa shape index (κ2) is 6.76. The maximum Gasteiger partial charge on any atom is 0.0937 e. The van der Waals surface area contributed by atoms with Crippen molar-refractivity contribution in [3.63, 3.8) is 0 Å². The van der Waals surface area contributed by atoms with Crippen LogP contribution in [-0.4, -0.2) is 6.61 Å². The summed E-state index contributed by atoms with van der Waals surface area (Å²) in [6, 6.07) is 0. The lowest BCUT2D eigenvalue weighted by atomic mass is 10.1. The van der Waals surface area contributed by atoms with Gasteiger partial charge in [0.2, 0.25) is 0 Å². The molecule has 0 amide bonds. The van der Waals surface area contributed by atoms with Crippen LogP contribution in [0.5, 0.6) is 0 Å². The minimum atomic E-state index is 0.506. The first-order valence-corrected chi connectivity index (χ1v) is 5.03. The van der Waals surface area contributed by atoms with Gasteiger partial charge in [0.05, 0.1) is 12.4 Å². The van der Waals surface area contributed by atoms with E-state index in [1.54, 1.807) is 0 Å². The summed E-state index contributed by atoms with van der Waals surface area (Å²) in [5.41, 5.74) is 1.36. The van der Waals surface area contributed by atoms with E-state index < -0.39 is 0 Å². The molecule has 0 N–H and O–H groups in total. The normalized spacial score (nSPS) is 13.8. The van der Waals surface area contributed by atoms with Crippen LogP contribution < -0.4 is 0 Å². The van der Waals surface area contributed by atoms with Crippen LogP contribution in [0.2, 0.25) is 0 Å². The molecule has 0 aromatic heterocycles. The molecule has 0 heterocycles. The zero-order valence-corrected chi connectivity index (χ0v) is 9.55. The highest BCUT2D eigenvalue weighted by molar-refractivity contribution is 4.97. The second-order valence-corrected chi connectivity index (χ2v) is 3.64. The fraction of sp³-hybridized carbons (Fsp3) is 0.667. The zero-order chi connectivity index (χ0) is 10.3. The predicted molar refractivity (Wildman–Crippen MR) is 58.6 cm³/mol. The summed E-state index contributed by atoms with van der Waals surface area (Å²) < 4.78 is 5.62. The number of rotatable bonds is 5. The molecule has 0 bridgehead atoms. The maximum absolute atomic E-state index is 5.62. The van der Waals surface area contributed by atoms with E-state index in [0.717, 1.165) is 18.8 Å². The Labute approximate surface area is 82.5 Å². The molecule has 0 aliphatic carbocycles. The Hall–Kier alpha value is -0.720. The summed E-state index contributed by atoms with van der Waals surface area (Å²) in [5.74, 6) is 1.60. The third-order valence-electron chi connectivity index (χ3n) is 1.82. The Morgan fingerprint density at radius 3 is 2.38 bits per heavy atom. The van der Waals surface area contributed by atoms with E-state index >= 15 is 0 Å². The third-order valence-corrected chi connectivity index (χ3v) is 1.82. The standard InChI is InChI=1S/C12H22O/c1-6-12(7-2)13-9-11(5)8-10(3)4/h6,8,11H,7,9H2,1-5H3. The number of allylic oxidation sites excluding steroid dienone is 3. The van der Waals surface area contributed by atoms with Crippen LogP contribution >= 0.6 is 0 Å². The fourth-order valence-corrected chi connectivity index (χ4v) is 1.25. The lowest BCUT2D eigenvalue weighted by molar-refractivity contribution is 0.181. The summed E-state index contributed by atoms with van der Waals surface area (Å²) in [6.07, 6.45) is 5.26. The van der Waals surface area contributed by atoms with Crippen molar-refractivity contribution in [3.05, 3.63) is 23.5 Å². The fourth-order valence-electron chi connectivity index (χ4n) is 1.25. The lowest BCUT2D eigenvalue weighted by Gasteiger charge is -2.11. The Balaban J connectivity index is 3.82. The molecule has 0 aromatic carbocycles. The minimum Gasteiger partial charge on any atom is -0.498 e. The van der Waals surface area contributed by atoms with Crippen molar-refractivity contribution in [1.82, 2.24) is 0 Å². The first kappa shape index (κ1) is 12.3. The molecule has 1 heteroatoms. The molecule has 1 atom stereocenters. The highest BCUT2D eigenvalue weighted by Crippen LogP contribution is 2.08. The van der Waals surface area contributed by atoms with E-state index in [4.69, 9.17) is 4.74 Å². The van der Waals surface area contributed by atoms with Gasteiger partial charge in [0.1, 0.15) is 0 Å². The molecule has 13 heavy (non-hydrogen) atoms. The summed E-state index contributed by atoms with van der Waals surface area (Å²) >= 11 is 0. The molecule has 0 aliphatic heterocycles. The molecular weight excluding hydrogens is 160 g/mol. The Morgan fingerprint density at radius 2 is 2.00 bits per heavy atom. The maximum atomic E-state index is 5.62. The van der Waals surface area contributed by atoms with Crippen molar-refractivity contribution in [2.75, 3.05) is 6.61 Å². The molecular formula is C12H22O. The summed E-state index contributed by atoms with van der Waals surface area (Å²) in [5, 5.41) is 0. The van der Waals surface area contributed by atoms with Crippen molar-refractivity contribution < 1.29 is 4.74 Å². The molecule has 0 rings (SSSR count). The highest BCUT2D eigenvalue weighted by Gasteiger charge is 1.99. The average Bonchev–Trinajstić information content (AvgIpc) is 2.05. The number of hydrogen-bond donors (Lipinski definition) is 0. The Morgan fingerprint density at radius 1 is 1.38 bits per heavy atom. The van der Waals surface area contributed by atoms with Crippen LogP contribution in [0.25, 0.3) is 0 Å². The largest absolute Gasteiger partial charge is 0.498 e. The topological polar surface area (TPSA) is 9.23 Å². The smallest absolute Gasteiger partial charge is 0.0937 e. The first-order valence-electron chi connectivity index (χ1n) is 5.03. The van der Waals surface area contributed by atoms with Crippen molar-refractivity contribution in [1.29, 1.82) is 0 Å². The monoisotopic (exact) mass is 182 g/mol. The molecule has 1 nitrogen and oxygen atoms in total. The predicted octanol–water partition coefficient (Wildman–Crippen LogP) is 3.92. The van der Waals surface area contributed by atoms with Crippen molar-refractivity contribution >= 4 is 0 Å². The molecule has 0 saturated heterocycles. The van der Waals surface area contributed by atoms with Gasteiger partial charge in [0, 0.05) is 12.3 Å². The van der Waals surface area contributed by atoms with Gasteiger partial charge in [-0.25, -0.2) is 0 Å². The molecule has 0 spiro atoms. The van der Waals surface area contributed by atoms with Crippen LogP contribution in [0.1, 0.15) is 41.0 Å².